The second-order valence-electron chi connectivity index (χ2n) is 5.88. The monoisotopic (exact) mass is 401 g/mol. The number of aromatic nitrogens is 2. The van der Waals surface area contributed by atoms with Crippen LogP contribution in [-0.2, 0) is 11.3 Å². The van der Waals surface area contributed by atoms with Gasteiger partial charge in [-0.3, -0.25) is 4.79 Å². The number of ether oxygens (including phenoxy) is 3. The molecule has 0 bridgehead atoms. The van der Waals surface area contributed by atoms with Gasteiger partial charge in [0.05, 0.1) is 38.1 Å². The number of benzene rings is 2. The molecule has 0 aliphatic carbocycles. The molecule has 0 fully saturated rings. The van der Waals surface area contributed by atoms with Crippen molar-refractivity contribution in [3.8, 4) is 17.2 Å². The number of amides is 1. The Hall–Kier alpha value is -2.87. The number of nitrogens with zero attached hydrogens (tertiary/aromatic N) is 2. The van der Waals surface area contributed by atoms with E-state index in [0.717, 1.165) is 22.7 Å². The average Bonchev–Trinajstić information content (AvgIpc) is 3.08. The average molecular weight is 401 g/mol. The van der Waals surface area contributed by atoms with E-state index in [1.54, 1.807) is 12.1 Å². The summed E-state index contributed by atoms with van der Waals surface area (Å²) in [6, 6.07) is 11.4. The highest BCUT2D eigenvalue weighted by atomic mass is 32.2. The third-order valence-corrected chi connectivity index (χ3v) is 5.19. The van der Waals surface area contributed by atoms with Crippen molar-refractivity contribution < 1.29 is 19.0 Å². The van der Waals surface area contributed by atoms with Crippen molar-refractivity contribution in [2.24, 2.45) is 0 Å². The summed E-state index contributed by atoms with van der Waals surface area (Å²) in [5.41, 5.74) is 2.57. The standard InChI is InChI=1S/C20H23N3O4S/c1-5-23-15-9-7-6-8-14(15)22-20(23)28-12-18(24)21-13-10-16(25-2)19(27-4)17(11-13)26-3/h6-11H,5,12H2,1-4H3,(H,21,24). The Balaban J connectivity index is 1.73. The maximum Gasteiger partial charge on any atom is 0.234 e. The van der Waals surface area contributed by atoms with Gasteiger partial charge >= 0.3 is 0 Å². The summed E-state index contributed by atoms with van der Waals surface area (Å²) in [4.78, 5) is 17.1. The number of anilines is 1. The first kappa shape index (κ1) is 19.9. The Labute approximate surface area is 168 Å². The van der Waals surface area contributed by atoms with Gasteiger partial charge in [0, 0.05) is 24.4 Å². The van der Waals surface area contributed by atoms with Crippen molar-refractivity contribution in [3.05, 3.63) is 36.4 Å². The SMILES string of the molecule is CCn1c(SCC(=O)Nc2cc(OC)c(OC)c(OC)c2)nc2ccccc21. The van der Waals surface area contributed by atoms with Gasteiger partial charge in [-0.25, -0.2) is 4.98 Å². The summed E-state index contributed by atoms with van der Waals surface area (Å²) in [5.74, 6) is 1.54. The van der Waals surface area contributed by atoms with Crippen LogP contribution < -0.4 is 19.5 Å². The minimum atomic E-state index is -0.144. The topological polar surface area (TPSA) is 74.6 Å². The lowest BCUT2D eigenvalue weighted by atomic mass is 10.2. The molecule has 0 aliphatic rings. The van der Waals surface area contributed by atoms with Gasteiger partial charge in [0.25, 0.3) is 0 Å². The van der Waals surface area contributed by atoms with E-state index in [1.807, 2.05) is 24.3 Å². The molecule has 0 saturated carbocycles. The molecule has 1 heterocycles. The third-order valence-electron chi connectivity index (χ3n) is 4.22. The van der Waals surface area contributed by atoms with E-state index < -0.39 is 0 Å². The van der Waals surface area contributed by atoms with Crippen molar-refractivity contribution >= 4 is 34.4 Å². The molecule has 0 unspecified atom stereocenters. The number of methoxy groups -OCH3 is 3. The summed E-state index contributed by atoms with van der Waals surface area (Å²) in [5, 5.41) is 3.69. The number of nitrogens with one attached hydrogen (secondary N) is 1. The number of hydrogen-bond donors (Lipinski definition) is 1. The molecule has 0 saturated heterocycles. The van der Waals surface area contributed by atoms with Crippen LogP contribution >= 0.6 is 11.8 Å². The number of aryl methyl sites for hydroxylation is 1. The molecule has 2 aromatic carbocycles. The largest absolute Gasteiger partial charge is 0.493 e. The smallest absolute Gasteiger partial charge is 0.234 e. The number of hydrogen-bond acceptors (Lipinski definition) is 6. The molecule has 0 spiro atoms. The van der Waals surface area contributed by atoms with E-state index >= 15 is 0 Å². The molecule has 0 radical (unpaired) electrons. The summed E-state index contributed by atoms with van der Waals surface area (Å²) in [7, 11) is 4.61. The van der Waals surface area contributed by atoms with Gasteiger partial charge in [-0.1, -0.05) is 23.9 Å². The Morgan fingerprint density at radius 3 is 2.39 bits per heavy atom. The molecule has 1 aromatic heterocycles. The minimum absolute atomic E-state index is 0.144. The molecule has 148 valence electrons. The fraction of sp³-hybridized carbons (Fsp3) is 0.300. The highest BCUT2D eigenvalue weighted by Crippen LogP contribution is 2.40. The number of carbonyl (C=O) groups is 1. The lowest BCUT2D eigenvalue weighted by molar-refractivity contribution is -0.113. The summed E-state index contributed by atoms with van der Waals surface area (Å²) >= 11 is 1.40. The van der Waals surface area contributed by atoms with E-state index in [2.05, 4.69) is 21.8 Å². The van der Waals surface area contributed by atoms with Crippen LogP contribution in [0.1, 0.15) is 6.92 Å². The number of para-hydroxylation sites is 2. The summed E-state index contributed by atoms with van der Waals surface area (Å²) in [6.45, 7) is 2.85. The predicted molar refractivity (Wildman–Crippen MR) is 111 cm³/mol. The highest BCUT2D eigenvalue weighted by molar-refractivity contribution is 7.99. The maximum absolute atomic E-state index is 12.5. The molecular formula is C20H23N3O4S. The maximum atomic E-state index is 12.5. The molecule has 3 rings (SSSR count). The Kier molecular flexibility index (Phi) is 6.30. The summed E-state index contributed by atoms with van der Waals surface area (Å²) in [6.07, 6.45) is 0. The fourth-order valence-electron chi connectivity index (χ4n) is 2.95. The van der Waals surface area contributed by atoms with Crippen molar-refractivity contribution in [3.63, 3.8) is 0 Å². The molecule has 8 heteroatoms. The predicted octanol–water partition coefficient (Wildman–Crippen LogP) is 3.81. The minimum Gasteiger partial charge on any atom is -0.493 e. The zero-order valence-electron chi connectivity index (χ0n) is 16.3. The molecule has 0 atom stereocenters. The van der Waals surface area contributed by atoms with Crippen molar-refractivity contribution in [1.82, 2.24) is 9.55 Å². The van der Waals surface area contributed by atoms with Crippen LogP contribution in [0.4, 0.5) is 5.69 Å². The lowest BCUT2D eigenvalue weighted by Gasteiger charge is -2.14. The van der Waals surface area contributed by atoms with Gasteiger partial charge in [-0.05, 0) is 19.1 Å². The Morgan fingerprint density at radius 2 is 1.79 bits per heavy atom. The van der Waals surface area contributed by atoms with Crippen molar-refractivity contribution in [2.45, 2.75) is 18.6 Å². The van der Waals surface area contributed by atoms with Gasteiger partial charge in [-0.15, -0.1) is 0 Å². The fourth-order valence-corrected chi connectivity index (χ4v) is 3.83. The number of thioether (sulfide) groups is 1. The molecule has 0 aliphatic heterocycles. The van der Waals surface area contributed by atoms with Crippen LogP contribution in [0.25, 0.3) is 11.0 Å². The Morgan fingerprint density at radius 1 is 1.11 bits per heavy atom. The second-order valence-corrected chi connectivity index (χ2v) is 6.82. The number of rotatable bonds is 8. The van der Waals surface area contributed by atoms with Crippen molar-refractivity contribution in [1.29, 1.82) is 0 Å². The van der Waals surface area contributed by atoms with Gasteiger partial charge in [0.1, 0.15) is 0 Å². The van der Waals surface area contributed by atoms with Gasteiger partial charge in [-0.2, -0.15) is 0 Å². The van der Waals surface area contributed by atoms with Crippen LogP contribution in [0.2, 0.25) is 0 Å². The van der Waals surface area contributed by atoms with Crippen LogP contribution in [-0.4, -0.2) is 42.5 Å². The van der Waals surface area contributed by atoms with Crippen LogP contribution in [0, 0.1) is 0 Å². The third kappa shape index (κ3) is 4.01. The molecular weight excluding hydrogens is 378 g/mol. The van der Waals surface area contributed by atoms with Crippen LogP contribution in [0.3, 0.4) is 0 Å². The number of carbonyl (C=O) groups excluding carboxylic acids is 1. The van der Waals surface area contributed by atoms with Crippen LogP contribution in [0.5, 0.6) is 17.2 Å². The van der Waals surface area contributed by atoms with E-state index in [1.165, 1.54) is 33.1 Å². The first-order valence-corrected chi connectivity index (χ1v) is 9.77. The molecule has 7 nitrogen and oxygen atoms in total. The quantitative estimate of drug-likeness (QED) is 0.579. The first-order chi connectivity index (χ1) is 13.6. The first-order valence-electron chi connectivity index (χ1n) is 8.79. The number of fused-ring (bicyclic) bond motifs is 1. The van der Waals surface area contributed by atoms with E-state index in [0.29, 0.717) is 22.9 Å². The highest BCUT2D eigenvalue weighted by Gasteiger charge is 2.16. The van der Waals surface area contributed by atoms with Gasteiger partial charge < -0.3 is 24.1 Å². The summed E-state index contributed by atoms with van der Waals surface area (Å²) < 4.78 is 18.0. The Bertz CT molecular complexity index is 962. The molecule has 1 amide bonds. The molecule has 1 N–H and O–H groups in total. The van der Waals surface area contributed by atoms with E-state index in [-0.39, 0.29) is 11.7 Å². The van der Waals surface area contributed by atoms with E-state index in [4.69, 9.17) is 14.2 Å². The van der Waals surface area contributed by atoms with Gasteiger partial charge in [0.15, 0.2) is 16.7 Å². The zero-order valence-corrected chi connectivity index (χ0v) is 17.1. The number of imidazole rings is 1. The van der Waals surface area contributed by atoms with Crippen molar-refractivity contribution in [2.75, 3.05) is 32.4 Å². The lowest BCUT2D eigenvalue weighted by Crippen LogP contribution is -2.15. The van der Waals surface area contributed by atoms with Gasteiger partial charge in [0.2, 0.25) is 11.7 Å². The normalized spacial score (nSPS) is 10.7. The second kappa shape index (κ2) is 8.88. The molecule has 28 heavy (non-hydrogen) atoms. The molecule has 3 aromatic rings. The van der Waals surface area contributed by atoms with Crippen LogP contribution in [0.15, 0.2) is 41.6 Å². The van der Waals surface area contributed by atoms with E-state index in [9.17, 15) is 4.79 Å². The zero-order chi connectivity index (χ0) is 20.1.